The predicted octanol–water partition coefficient (Wildman–Crippen LogP) is 3.38. The molecule has 2 rings (SSSR count). The number of amides is 1. The molecule has 27 heavy (non-hydrogen) atoms. The van der Waals surface area contributed by atoms with E-state index in [1.54, 1.807) is 6.07 Å². The molecule has 0 aliphatic rings. The molecule has 0 bridgehead atoms. The molecule has 0 aliphatic carbocycles. The maximum absolute atomic E-state index is 11.8. The molecule has 0 aliphatic heterocycles. The quantitative estimate of drug-likeness (QED) is 0.445. The summed E-state index contributed by atoms with van der Waals surface area (Å²) in [5.74, 6) is -0.386. The summed E-state index contributed by atoms with van der Waals surface area (Å²) >= 11 is 5.80. The Hall–Kier alpha value is -2.60. The van der Waals surface area contributed by atoms with E-state index in [-0.39, 0.29) is 16.1 Å². The summed E-state index contributed by atoms with van der Waals surface area (Å²) in [7, 11) is 0. The number of nitrogens with zero attached hydrogens (tertiary/aromatic N) is 1. The van der Waals surface area contributed by atoms with E-state index in [1.807, 2.05) is 24.3 Å². The van der Waals surface area contributed by atoms with Gasteiger partial charge in [0, 0.05) is 6.20 Å². The van der Waals surface area contributed by atoms with Gasteiger partial charge >= 0.3 is 5.97 Å². The fourth-order valence-corrected chi connectivity index (χ4v) is 2.41. The van der Waals surface area contributed by atoms with Gasteiger partial charge in [-0.05, 0) is 35.2 Å². The van der Waals surface area contributed by atoms with Crippen LogP contribution < -0.4 is 10.1 Å². The number of halogens is 1. The van der Waals surface area contributed by atoms with Crippen molar-refractivity contribution in [1.82, 2.24) is 10.3 Å². The van der Waals surface area contributed by atoms with Crippen molar-refractivity contribution in [2.75, 3.05) is 19.8 Å². The van der Waals surface area contributed by atoms with Crippen molar-refractivity contribution < 1.29 is 19.1 Å². The van der Waals surface area contributed by atoms with Gasteiger partial charge in [0.25, 0.3) is 5.91 Å². The van der Waals surface area contributed by atoms with E-state index in [1.165, 1.54) is 17.8 Å². The average molecular weight is 391 g/mol. The molecule has 7 heteroatoms. The highest BCUT2D eigenvalue weighted by atomic mass is 35.5. The fourth-order valence-electron chi connectivity index (χ4n) is 2.21. The number of pyridine rings is 1. The van der Waals surface area contributed by atoms with Gasteiger partial charge in [-0.15, -0.1) is 0 Å². The molecule has 0 atom stereocenters. The van der Waals surface area contributed by atoms with Crippen molar-refractivity contribution in [3.63, 3.8) is 0 Å². The van der Waals surface area contributed by atoms with E-state index in [0.29, 0.717) is 13.2 Å². The Bertz CT molecular complexity index is 785. The molecule has 0 saturated heterocycles. The molecule has 1 amide bonds. The van der Waals surface area contributed by atoms with Crippen LogP contribution in [0.25, 0.3) is 0 Å². The Morgan fingerprint density at radius 2 is 1.85 bits per heavy atom. The molecule has 1 aromatic carbocycles. The van der Waals surface area contributed by atoms with Gasteiger partial charge in [0.15, 0.2) is 6.61 Å². The second kappa shape index (κ2) is 9.37. The summed E-state index contributed by atoms with van der Waals surface area (Å²) in [5.41, 5.74) is 1.43. The van der Waals surface area contributed by atoms with Gasteiger partial charge in [-0.1, -0.05) is 44.5 Å². The molecule has 1 aromatic heterocycles. The number of esters is 1. The number of nitrogens with one attached hydrogen (secondary N) is 1. The van der Waals surface area contributed by atoms with Crippen LogP contribution in [0.3, 0.4) is 0 Å². The Labute approximate surface area is 163 Å². The molecule has 0 saturated carbocycles. The zero-order valence-electron chi connectivity index (χ0n) is 15.6. The van der Waals surface area contributed by atoms with Crippen molar-refractivity contribution in [2.45, 2.75) is 26.2 Å². The SMILES string of the molecule is CC(C)(C)c1ccc(OCCNC(=O)COC(=O)c2cccnc2Cl)cc1. The number of rotatable bonds is 7. The van der Waals surface area contributed by atoms with Crippen molar-refractivity contribution in [1.29, 1.82) is 0 Å². The van der Waals surface area contributed by atoms with Crippen LogP contribution in [0.4, 0.5) is 0 Å². The van der Waals surface area contributed by atoms with Gasteiger partial charge in [0.1, 0.15) is 17.5 Å². The lowest BCUT2D eigenvalue weighted by Crippen LogP contribution is -2.32. The first-order chi connectivity index (χ1) is 12.8. The first-order valence-corrected chi connectivity index (χ1v) is 8.93. The maximum atomic E-state index is 11.8. The number of hydrogen-bond acceptors (Lipinski definition) is 5. The number of benzene rings is 1. The summed E-state index contributed by atoms with van der Waals surface area (Å²) in [6.45, 7) is 6.65. The Balaban J connectivity index is 1.67. The second-order valence-electron chi connectivity index (χ2n) is 6.89. The third-order valence-corrected chi connectivity index (χ3v) is 4.03. The minimum absolute atomic E-state index is 0.0359. The summed E-state index contributed by atoms with van der Waals surface area (Å²) in [6.07, 6.45) is 1.46. The monoisotopic (exact) mass is 390 g/mol. The van der Waals surface area contributed by atoms with E-state index in [0.717, 1.165) is 5.75 Å². The highest BCUT2D eigenvalue weighted by Crippen LogP contribution is 2.24. The summed E-state index contributed by atoms with van der Waals surface area (Å²) in [5, 5.41) is 2.66. The first kappa shape index (κ1) is 20.7. The largest absolute Gasteiger partial charge is 0.492 e. The van der Waals surface area contributed by atoms with Crippen LogP contribution in [0.2, 0.25) is 5.15 Å². The van der Waals surface area contributed by atoms with Crippen molar-refractivity contribution in [2.24, 2.45) is 0 Å². The smallest absolute Gasteiger partial charge is 0.341 e. The Morgan fingerprint density at radius 3 is 2.48 bits per heavy atom. The van der Waals surface area contributed by atoms with Gasteiger partial charge in [0.2, 0.25) is 0 Å². The van der Waals surface area contributed by atoms with Gasteiger partial charge < -0.3 is 14.8 Å². The van der Waals surface area contributed by atoms with Crippen LogP contribution in [-0.4, -0.2) is 36.6 Å². The predicted molar refractivity (Wildman–Crippen MR) is 103 cm³/mol. The molecule has 144 valence electrons. The topological polar surface area (TPSA) is 77.5 Å². The summed E-state index contributed by atoms with van der Waals surface area (Å²) < 4.78 is 10.5. The second-order valence-corrected chi connectivity index (χ2v) is 7.25. The third-order valence-electron chi connectivity index (χ3n) is 3.73. The number of carbonyl (C=O) groups excluding carboxylic acids is 2. The van der Waals surface area contributed by atoms with Crippen LogP contribution in [0, 0.1) is 0 Å². The zero-order valence-corrected chi connectivity index (χ0v) is 16.4. The van der Waals surface area contributed by atoms with Crippen molar-refractivity contribution >= 4 is 23.5 Å². The Kier molecular flexibility index (Phi) is 7.19. The molecule has 0 spiro atoms. The van der Waals surface area contributed by atoms with Gasteiger partial charge in [0.05, 0.1) is 12.1 Å². The standard InChI is InChI=1S/C20H23ClN2O4/c1-20(2,3)14-6-8-15(9-7-14)26-12-11-22-17(24)13-27-19(25)16-5-4-10-23-18(16)21/h4-10H,11-13H2,1-3H3,(H,22,24). The van der Waals surface area contributed by atoms with Crippen LogP contribution in [-0.2, 0) is 14.9 Å². The molecule has 1 heterocycles. The van der Waals surface area contributed by atoms with Gasteiger partial charge in [-0.2, -0.15) is 0 Å². The fraction of sp³-hybridized carbons (Fsp3) is 0.350. The molecule has 0 fully saturated rings. The lowest BCUT2D eigenvalue weighted by atomic mass is 9.87. The van der Waals surface area contributed by atoms with E-state index < -0.39 is 18.5 Å². The lowest BCUT2D eigenvalue weighted by Gasteiger charge is -2.19. The van der Waals surface area contributed by atoms with E-state index in [9.17, 15) is 9.59 Å². The maximum Gasteiger partial charge on any atom is 0.341 e. The normalized spacial score (nSPS) is 11.0. The first-order valence-electron chi connectivity index (χ1n) is 8.55. The van der Waals surface area contributed by atoms with Crippen LogP contribution >= 0.6 is 11.6 Å². The van der Waals surface area contributed by atoms with Crippen molar-refractivity contribution in [3.05, 3.63) is 58.9 Å². The van der Waals surface area contributed by atoms with Crippen LogP contribution in [0.15, 0.2) is 42.6 Å². The molecular formula is C20H23ClN2O4. The van der Waals surface area contributed by atoms with Crippen LogP contribution in [0.5, 0.6) is 5.75 Å². The number of hydrogen-bond donors (Lipinski definition) is 1. The molecule has 0 radical (unpaired) electrons. The third kappa shape index (κ3) is 6.57. The minimum Gasteiger partial charge on any atom is -0.492 e. The number of ether oxygens (including phenoxy) is 2. The zero-order chi connectivity index (χ0) is 19.9. The average Bonchev–Trinajstić information content (AvgIpc) is 2.63. The molecule has 6 nitrogen and oxygen atoms in total. The van der Waals surface area contributed by atoms with Gasteiger partial charge in [-0.3, -0.25) is 4.79 Å². The highest BCUT2D eigenvalue weighted by Gasteiger charge is 2.14. The molecule has 1 N–H and O–H groups in total. The van der Waals surface area contributed by atoms with E-state index >= 15 is 0 Å². The summed E-state index contributed by atoms with van der Waals surface area (Å²) in [6, 6.07) is 10.9. The number of aromatic nitrogens is 1. The van der Waals surface area contributed by atoms with Crippen LogP contribution in [0.1, 0.15) is 36.7 Å². The van der Waals surface area contributed by atoms with Crippen molar-refractivity contribution in [3.8, 4) is 5.75 Å². The lowest BCUT2D eigenvalue weighted by molar-refractivity contribution is -0.124. The molecular weight excluding hydrogens is 368 g/mol. The van der Waals surface area contributed by atoms with E-state index in [2.05, 4.69) is 31.1 Å². The minimum atomic E-state index is -0.696. The molecule has 0 unspecified atom stereocenters. The Morgan fingerprint density at radius 1 is 1.15 bits per heavy atom. The van der Waals surface area contributed by atoms with Gasteiger partial charge in [-0.25, -0.2) is 9.78 Å². The summed E-state index contributed by atoms with van der Waals surface area (Å²) in [4.78, 5) is 27.4. The van der Waals surface area contributed by atoms with E-state index in [4.69, 9.17) is 21.1 Å². The number of carbonyl (C=O) groups is 2. The highest BCUT2D eigenvalue weighted by molar-refractivity contribution is 6.32. The molecule has 2 aromatic rings.